The van der Waals surface area contributed by atoms with Crippen molar-refractivity contribution in [2.45, 2.75) is 90.0 Å². The van der Waals surface area contributed by atoms with Gasteiger partial charge in [-0.05, 0) is 63.1 Å². The molecule has 0 spiro atoms. The predicted octanol–water partition coefficient (Wildman–Crippen LogP) is 7.29. The van der Waals surface area contributed by atoms with Gasteiger partial charge in [-0.15, -0.1) is 0 Å². The van der Waals surface area contributed by atoms with Gasteiger partial charge in [-0.3, -0.25) is 0 Å². The molecule has 2 aromatic carbocycles. The van der Waals surface area contributed by atoms with Crippen LogP contribution in [-0.2, 0) is 23.7 Å². The lowest BCUT2D eigenvalue weighted by atomic mass is 9.98. The molecule has 2 aliphatic rings. The highest BCUT2D eigenvalue weighted by molar-refractivity contribution is 6.76. The highest BCUT2D eigenvalue weighted by Gasteiger charge is 2.45. The van der Waals surface area contributed by atoms with Gasteiger partial charge >= 0.3 is 11.9 Å². The second-order valence-corrected chi connectivity index (χ2v) is 19.1. The van der Waals surface area contributed by atoms with Crippen LogP contribution in [0.3, 0.4) is 0 Å². The third-order valence-electron chi connectivity index (χ3n) is 7.86. The van der Waals surface area contributed by atoms with E-state index in [1.165, 1.54) is 7.11 Å². The van der Waals surface area contributed by atoms with Crippen molar-refractivity contribution in [3.63, 3.8) is 0 Å². The summed E-state index contributed by atoms with van der Waals surface area (Å²) < 4.78 is 41.9. The Labute approximate surface area is 273 Å². The Morgan fingerprint density at radius 1 is 1.02 bits per heavy atom. The summed E-state index contributed by atoms with van der Waals surface area (Å²) in [5, 5.41) is 0. The van der Waals surface area contributed by atoms with Crippen molar-refractivity contribution in [1.82, 2.24) is 0 Å². The molecule has 0 N–H and O–H groups in total. The average Bonchev–Trinajstić information content (AvgIpc) is 3.30. The van der Waals surface area contributed by atoms with Crippen molar-refractivity contribution >= 4 is 26.1 Å². The molecule has 0 bridgehead atoms. The summed E-state index contributed by atoms with van der Waals surface area (Å²) in [4.78, 5) is 26.9. The molecule has 250 valence electrons. The van der Waals surface area contributed by atoms with Crippen LogP contribution in [-0.4, -0.2) is 70.7 Å². The fourth-order valence-electron chi connectivity index (χ4n) is 5.17. The zero-order valence-electron chi connectivity index (χ0n) is 28.2. The molecular formula is C36H48O9Si. The van der Waals surface area contributed by atoms with Crippen LogP contribution in [0.25, 0.3) is 6.08 Å². The fraction of sp³-hybridized carbons (Fsp3) is 0.500. The van der Waals surface area contributed by atoms with Gasteiger partial charge in [-0.2, -0.15) is 0 Å². The monoisotopic (exact) mass is 652 g/mol. The lowest BCUT2D eigenvalue weighted by Crippen LogP contribution is -2.37. The van der Waals surface area contributed by atoms with E-state index >= 15 is 0 Å². The molecule has 2 unspecified atom stereocenters. The largest absolute Gasteiger partial charge is 0.494 e. The van der Waals surface area contributed by atoms with Crippen LogP contribution in [0.1, 0.15) is 60.4 Å². The highest BCUT2D eigenvalue weighted by Crippen LogP contribution is 2.36. The molecule has 2 aliphatic heterocycles. The van der Waals surface area contributed by atoms with Crippen LogP contribution in [0.4, 0.5) is 0 Å². The summed E-state index contributed by atoms with van der Waals surface area (Å²) in [6.07, 6.45) is 5.54. The smallest absolute Gasteiger partial charge is 0.342 e. The number of carbonyl (C=O) groups is 2. The van der Waals surface area contributed by atoms with Crippen molar-refractivity contribution in [3.05, 3.63) is 77.4 Å². The molecule has 46 heavy (non-hydrogen) atoms. The maximum atomic E-state index is 13.8. The zero-order chi connectivity index (χ0) is 33.5. The molecule has 0 radical (unpaired) electrons. The summed E-state index contributed by atoms with van der Waals surface area (Å²) in [7, 11) is 0.189. The zero-order valence-corrected chi connectivity index (χ0v) is 29.2. The number of ether oxygens (including phenoxy) is 7. The van der Waals surface area contributed by atoms with Crippen LogP contribution >= 0.6 is 0 Å². The van der Waals surface area contributed by atoms with Crippen molar-refractivity contribution < 1.29 is 42.7 Å². The fourth-order valence-corrected chi connectivity index (χ4v) is 5.88. The van der Waals surface area contributed by atoms with E-state index < -0.39 is 50.2 Å². The molecule has 1 fully saturated rings. The first-order valence-electron chi connectivity index (χ1n) is 15.9. The lowest BCUT2D eigenvalue weighted by molar-refractivity contribution is -0.152. The molecule has 5 atom stereocenters. The molecule has 2 heterocycles. The van der Waals surface area contributed by atoms with Crippen molar-refractivity contribution in [2.24, 2.45) is 5.92 Å². The molecule has 9 nitrogen and oxygen atoms in total. The summed E-state index contributed by atoms with van der Waals surface area (Å²) in [5.41, 5.74) is 1.29. The van der Waals surface area contributed by atoms with E-state index in [0.29, 0.717) is 35.7 Å². The lowest BCUT2D eigenvalue weighted by Gasteiger charge is -2.26. The van der Waals surface area contributed by atoms with Crippen LogP contribution in [0.2, 0.25) is 25.7 Å². The van der Waals surface area contributed by atoms with E-state index in [-0.39, 0.29) is 18.3 Å². The second-order valence-electron chi connectivity index (χ2n) is 13.5. The summed E-state index contributed by atoms with van der Waals surface area (Å²) in [6.45, 7) is 14.8. The normalized spacial score (nSPS) is 25.4. The molecule has 4 rings (SSSR count). The SMILES string of the molecule is COCOc1cc(OCC[Si](C)(C)C)cc2c1C(=O)O[C@@H](C)C(C)/C=C\C(OC(=O)c1ccccc1)[C@H]1OC(C)(C)O[C@H]1CC=C2. The van der Waals surface area contributed by atoms with Crippen molar-refractivity contribution in [2.75, 3.05) is 20.5 Å². The molecule has 2 aromatic rings. The van der Waals surface area contributed by atoms with Gasteiger partial charge in [0.25, 0.3) is 0 Å². The maximum absolute atomic E-state index is 13.8. The Balaban J connectivity index is 1.73. The number of hydrogen-bond donors (Lipinski definition) is 0. The minimum absolute atomic E-state index is 0.0520. The van der Waals surface area contributed by atoms with E-state index in [1.54, 1.807) is 36.4 Å². The molecular weight excluding hydrogens is 604 g/mol. The Morgan fingerprint density at radius 2 is 1.76 bits per heavy atom. The number of methoxy groups -OCH3 is 1. The van der Waals surface area contributed by atoms with Gasteiger partial charge in [0.05, 0.1) is 18.3 Å². The third kappa shape index (κ3) is 9.78. The summed E-state index contributed by atoms with van der Waals surface area (Å²) >= 11 is 0. The predicted molar refractivity (Wildman–Crippen MR) is 179 cm³/mol. The Hall–Kier alpha value is -3.44. The summed E-state index contributed by atoms with van der Waals surface area (Å²) in [5.74, 6) is -1.24. The highest BCUT2D eigenvalue weighted by atomic mass is 28.3. The Bertz CT molecular complexity index is 1400. The van der Waals surface area contributed by atoms with Gasteiger partial charge < -0.3 is 33.2 Å². The van der Waals surface area contributed by atoms with E-state index in [4.69, 9.17) is 33.2 Å². The molecule has 0 amide bonds. The van der Waals surface area contributed by atoms with Gasteiger partial charge in [-0.1, -0.05) is 63.0 Å². The summed E-state index contributed by atoms with van der Waals surface area (Å²) in [6, 6.07) is 13.4. The molecule has 10 heteroatoms. The Kier molecular flexibility index (Phi) is 11.9. The standard InChI is InChI=1S/C36H48O9Si/c1-24-17-18-29(43-34(37)26-13-10-9-11-14-26)33-30(44-36(3,4)45-33)16-12-15-27-21-28(40-19-20-46(6,7)8)22-31(41-23-39-5)32(27)35(38)42-25(24)2/h9-15,17-18,21-22,24-25,29-30,33H,16,19-20,23H2,1-8H3/b15-12?,18-17-/t24?,25-,29?,30-,33+/m0/s1. The van der Waals surface area contributed by atoms with Crippen molar-refractivity contribution in [3.8, 4) is 11.5 Å². The topological polar surface area (TPSA) is 98.8 Å². The minimum Gasteiger partial charge on any atom is -0.494 e. The number of hydrogen-bond acceptors (Lipinski definition) is 9. The van der Waals surface area contributed by atoms with Crippen LogP contribution in [0.15, 0.2) is 60.7 Å². The first kappa shape index (κ1) is 35.4. The molecule has 0 saturated carbocycles. The number of benzene rings is 2. The average molecular weight is 653 g/mol. The first-order chi connectivity index (χ1) is 21.8. The van der Waals surface area contributed by atoms with Crippen LogP contribution < -0.4 is 9.47 Å². The van der Waals surface area contributed by atoms with E-state index in [2.05, 4.69) is 19.6 Å². The number of carbonyl (C=O) groups excluding carboxylic acids is 2. The van der Waals surface area contributed by atoms with Gasteiger partial charge in [0.2, 0.25) is 0 Å². The quantitative estimate of drug-likeness (QED) is 0.120. The van der Waals surface area contributed by atoms with Gasteiger partial charge in [0.15, 0.2) is 12.6 Å². The van der Waals surface area contributed by atoms with Gasteiger partial charge in [-0.25, -0.2) is 9.59 Å². The second kappa shape index (κ2) is 15.4. The number of esters is 2. The third-order valence-corrected chi connectivity index (χ3v) is 9.57. The van der Waals surface area contributed by atoms with Crippen molar-refractivity contribution in [1.29, 1.82) is 0 Å². The van der Waals surface area contributed by atoms with Crippen LogP contribution in [0.5, 0.6) is 11.5 Å². The molecule has 0 aromatic heterocycles. The van der Waals surface area contributed by atoms with E-state index in [1.807, 2.05) is 58.1 Å². The number of rotatable bonds is 9. The minimum atomic E-state index is -1.33. The maximum Gasteiger partial charge on any atom is 0.342 e. The number of fused-ring (bicyclic) bond motifs is 2. The molecule has 1 saturated heterocycles. The van der Waals surface area contributed by atoms with Gasteiger partial charge in [0, 0.05) is 27.2 Å². The first-order valence-corrected chi connectivity index (χ1v) is 19.6. The van der Waals surface area contributed by atoms with Gasteiger partial charge in [0.1, 0.15) is 35.4 Å². The Morgan fingerprint density at radius 3 is 2.46 bits per heavy atom. The number of cyclic esters (lactones) is 1. The van der Waals surface area contributed by atoms with E-state index in [9.17, 15) is 9.59 Å². The molecule has 0 aliphatic carbocycles. The van der Waals surface area contributed by atoms with E-state index in [0.717, 1.165) is 6.04 Å². The van der Waals surface area contributed by atoms with Crippen LogP contribution in [0, 0.1) is 5.92 Å².